The second kappa shape index (κ2) is 12.9. The summed E-state index contributed by atoms with van der Waals surface area (Å²) in [7, 11) is 0. The van der Waals surface area contributed by atoms with Crippen LogP contribution in [0.1, 0.15) is 24.2 Å². The van der Waals surface area contributed by atoms with Crippen LogP contribution in [0.15, 0.2) is 77.3 Å². The Balaban J connectivity index is 1.47. The molecule has 0 unspecified atom stereocenters. The van der Waals surface area contributed by atoms with Crippen LogP contribution in [-0.4, -0.2) is 30.1 Å². The summed E-state index contributed by atoms with van der Waals surface area (Å²) < 4.78 is 12.0. The van der Waals surface area contributed by atoms with Gasteiger partial charge in [-0.15, -0.1) is 0 Å². The minimum Gasteiger partial charge on any atom is -0.492 e. The number of para-hydroxylation sites is 1. The van der Waals surface area contributed by atoms with E-state index in [0.717, 1.165) is 11.1 Å². The second-order valence-electron chi connectivity index (χ2n) is 7.96. The first kappa shape index (κ1) is 26.2. The van der Waals surface area contributed by atoms with E-state index in [2.05, 4.69) is 45.9 Å². The molecular weight excluding hydrogens is 530 g/mol. The van der Waals surface area contributed by atoms with Gasteiger partial charge in [0.05, 0.1) is 11.1 Å². The van der Waals surface area contributed by atoms with E-state index >= 15 is 0 Å². The third-order valence-electron chi connectivity index (χ3n) is 4.64. The van der Waals surface area contributed by atoms with Gasteiger partial charge in [0.1, 0.15) is 11.5 Å². The van der Waals surface area contributed by atoms with Crippen molar-refractivity contribution in [2.75, 3.05) is 13.2 Å². The van der Waals surface area contributed by atoms with E-state index in [1.165, 1.54) is 0 Å². The Bertz CT molecular complexity index is 1190. The van der Waals surface area contributed by atoms with Crippen LogP contribution in [0.25, 0.3) is 11.1 Å². The lowest BCUT2D eigenvalue weighted by Crippen LogP contribution is -2.49. The van der Waals surface area contributed by atoms with E-state index in [-0.39, 0.29) is 11.7 Å². The van der Waals surface area contributed by atoms with Gasteiger partial charge < -0.3 is 9.47 Å². The monoisotopic (exact) mass is 555 g/mol. The lowest BCUT2D eigenvalue weighted by Gasteiger charge is -2.14. The van der Waals surface area contributed by atoms with Gasteiger partial charge >= 0.3 is 0 Å². The number of rotatable bonds is 8. The molecule has 0 saturated carbocycles. The fourth-order valence-electron chi connectivity index (χ4n) is 2.98. The summed E-state index contributed by atoms with van der Waals surface area (Å²) >= 11 is 8.52. The van der Waals surface area contributed by atoms with Gasteiger partial charge in [-0.25, -0.2) is 0 Å². The molecule has 0 aliphatic heterocycles. The number of hydrogen-bond acceptors (Lipinski definition) is 5. The van der Waals surface area contributed by atoms with E-state index in [9.17, 15) is 9.59 Å². The molecule has 0 saturated heterocycles. The van der Waals surface area contributed by atoms with Crippen molar-refractivity contribution >= 4 is 45.1 Å². The predicted octanol–water partition coefficient (Wildman–Crippen LogP) is 4.87. The summed E-state index contributed by atoms with van der Waals surface area (Å²) in [6.45, 7) is 4.44. The number of nitrogens with one attached hydrogen (secondary N) is 3. The van der Waals surface area contributed by atoms with Crippen molar-refractivity contribution in [2.24, 2.45) is 5.92 Å². The Hall–Kier alpha value is -3.43. The lowest BCUT2D eigenvalue weighted by molar-refractivity contribution is -0.123. The van der Waals surface area contributed by atoms with Crippen molar-refractivity contribution in [1.29, 1.82) is 0 Å². The van der Waals surface area contributed by atoms with Crippen molar-refractivity contribution in [1.82, 2.24) is 16.2 Å². The van der Waals surface area contributed by atoms with Gasteiger partial charge in [-0.05, 0) is 63.9 Å². The molecule has 0 aliphatic carbocycles. The van der Waals surface area contributed by atoms with Crippen molar-refractivity contribution in [3.63, 3.8) is 0 Å². The quantitative estimate of drug-likeness (QED) is 0.271. The molecule has 0 spiro atoms. The molecule has 0 atom stereocenters. The lowest BCUT2D eigenvalue weighted by atomic mass is 10.1. The maximum atomic E-state index is 12.5. The number of carbonyl (C=O) groups excluding carboxylic acids is 2. The third kappa shape index (κ3) is 8.08. The van der Waals surface area contributed by atoms with Crippen LogP contribution in [0.4, 0.5) is 0 Å². The minimum atomic E-state index is -0.459. The molecule has 0 aliphatic rings. The number of hydrazine groups is 1. The van der Waals surface area contributed by atoms with Gasteiger partial charge in [-0.2, -0.15) is 0 Å². The van der Waals surface area contributed by atoms with Crippen LogP contribution in [0.5, 0.6) is 11.5 Å². The first-order valence-corrected chi connectivity index (χ1v) is 12.1. The summed E-state index contributed by atoms with van der Waals surface area (Å²) in [5, 5.41) is 2.47. The van der Waals surface area contributed by atoms with E-state index < -0.39 is 11.8 Å². The zero-order valence-electron chi connectivity index (χ0n) is 19.3. The van der Waals surface area contributed by atoms with E-state index in [0.29, 0.717) is 34.1 Å². The summed E-state index contributed by atoms with van der Waals surface area (Å²) in [4.78, 5) is 24.7. The highest BCUT2D eigenvalue weighted by atomic mass is 79.9. The van der Waals surface area contributed by atoms with Crippen molar-refractivity contribution in [2.45, 2.75) is 13.8 Å². The van der Waals surface area contributed by atoms with Gasteiger partial charge in [-0.1, -0.05) is 62.4 Å². The molecule has 0 heterocycles. The molecule has 9 heteroatoms. The highest BCUT2D eigenvalue weighted by molar-refractivity contribution is 9.10. The van der Waals surface area contributed by atoms with Gasteiger partial charge in [0.2, 0.25) is 0 Å². The highest BCUT2D eigenvalue weighted by Crippen LogP contribution is 2.29. The van der Waals surface area contributed by atoms with Crippen molar-refractivity contribution < 1.29 is 19.1 Å². The standard InChI is InChI=1S/C26H26BrN3O4S/c1-17(2)15-33-23-13-12-19(14-21(23)27)25(32)28-26(35)30-29-24(31)16-34-22-11-7-6-10-20(22)18-8-4-3-5-9-18/h3-14,17H,15-16H2,1-2H3,(H,29,31)(H2,28,30,32,35). The zero-order chi connectivity index (χ0) is 25.2. The first-order valence-electron chi connectivity index (χ1n) is 10.9. The zero-order valence-corrected chi connectivity index (χ0v) is 21.7. The Morgan fingerprint density at radius 1 is 0.914 bits per heavy atom. The molecule has 2 amide bonds. The second-order valence-corrected chi connectivity index (χ2v) is 9.22. The van der Waals surface area contributed by atoms with E-state index in [4.69, 9.17) is 21.7 Å². The Morgan fingerprint density at radius 3 is 2.34 bits per heavy atom. The minimum absolute atomic E-state index is 0.0516. The number of ether oxygens (including phenoxy) is 2. The van der Waals surface area contributed by atoms with E-state index in [1.807, 2.05) is 48.5 Å². The molecule has 3 rings (SSSR count). The topological polar surface area (TPSA) is 88.7 Å². The first-order chi connectivity index (χ1) is 16.8. The van der Waals surface area contributed by atoms with Crippen LogP contribution in [0, 0.1) is 5.92 Å². The van der Waals surface area contributed by atoms with Gasteiger partial charge in [0.15, 0.2) is 11.7 Å². The SMILES string of the molecule is CC(C)COc1ccc(C(=O)NC(=S)NNC(=O)COc2ccccc2-c2ccccc2)cc1Br. The Kier molecular flexibility index (Phi) is 9.63. The summed E-state index contributed by atoms with van der Waals surface area (Å²) in [6, 6.07) is 22.2. The molecular formula is C26H26BrN3O4S. The van der Waals surface area contributed by atoms with Gasteiger partial charge in [0, 0.05) is 11.1 Å². The number of benzene rings is 3. The number of amides is 2. The highest BCUT2D eigenvalue weighted by Gasteiger charge is 2.13. The summed E-state index contributed by atoms with van der Waals surface area (Å²) in [6.07, 6.45) is 0. The van der Waals surface area contributed by atoms with Crippen LogP contribution in [0.3, 0.4) is 0 Å². The summed E-state index contributed by atoms with van der Waals surface area (Å²) in [5.74, 6) is 0.723. The largest absolute Gasteiger partial charge is 0.492 e. The maximum Gasteiger partial charge on any atom is 0.276 e. The van der Waals surface area contributed by atoms with Crippen LogP contribution in [0.2, 0.25) is 0 Å². The molecule has 0 aromatic heterocycles. The molecule has 3 aromatic rings. The molecule has 3 aromatic carbocycles. The Labute approximate surface area is 218 Å². The fourth-order valence-corrected chi connectivity index (χ4v) is 3.61. The molecule has 35 heavy (non-hydrogen) atoms. The Morgan fingerprint density at radius 2 is 1.63 bits per heavy atom. The summed E-state index contributed by atoms with van der Waals surface area (Å²) in [5.41, 5.74) is 7.17. The van der Waals surface area contributed by atoms with Crippen LogP contribution < -0.4 is 25.6 Å². The third-order valence-corrected chi connectivity index (χ3v) is 5.46. The average Bonchev–Trinajstić information content (AvgIpc) is 2.86. The normalized spacial score (nSPS) is 10.4. The van der Waals surface area contributed by atoms with Crippen molar-refractivity contribution in [3.05, 3.63) is 82.8 Å². The van der Waals surface area contributed by atoms with Crippen LogP contribution in [-0.2, 0) is 4.79 Å². The van der Waals surface area contributed by atoms with Crippen molar-refractivity contribution in [3.8, 4) is 22.6 Å². The number of hydrogen-bond donors (Lipinski definition) is 3. The van der Waals surface area contributed by atoms with Crippen LogP contribution >= 0.6 is 28.1 Å². The predicted molar refractivity (Wildman–Crippen MR) is 143 cm³/mol. The van der Waals surface area contributed by atoms with Gasteiger partial charge in [-0.3, -0.25) is 25.8 Å². The molecule has 7 nitrogen and oxygen atoms in total. The maximum absolute atomic E-state index is 12.5. The molecule has 0 bridgehead atoms. The molecule has 0 fully saturated rings. The molecule has 182 valence electrons. The van der Waals surface area contributed by atoms with E-state index in [1.54, 1.807) is 24.3 Å². The molecule has 0 radical (unpaired) electrons. The number of halogens is 1. The number of carbonyl (C=O) groups is 2. The average molecular weight is 556 g/mol. The number of thiocarbonyl (C=S) groups is 1. The molecule has 3 N–H and O–H groups in total. The van der Waals surface area contributed by atoms with Gasteiger partial charge in [0.25, 0.3) is 11.8 Å². The smallest absolute Gasteiger partial charge is 0.276 e. The fraction of sp³-hybridized carbons (Fsp3) is 0.192.